The Morgan fingerprint density at radius 3 is 1.26 bits per heavy atom. The second-order valence-electron chi connectivity index (χ2n) is 28.1. The maximum atomic E-state index is 13.8. The van der Waals surface area contributed by atoms with Crippen molar-refractivity contribution in [1.29, 1.82) is 0 Å². The van der Waals surface area contributed by atoms with Crippen LogP contribution in [0, 0.1) is 25.7 Å². The zero-order valence-electron chi connectivity index (χ0n) is 63.9. The van der Waals surface area contributed by atoms with E-state index in [2.05, 4.69) is 51.6 Å². The number of anilines is 2. The molecule has 0 saturated heterocycles. The number of amides is 4. The number of aromatic nitrogens is 8. The van der Waals surface area contributed by atoms with Gasteiger partial charge in [0, 0.05) is 106 Å². The van der Waals surface area contributed by atoms with Crippen molar-refractivity contribution in [1.82, 2.24) is 50.1 Å². The molecular formula is C82H90F6N12O14. The van der Waals surface area contributed by atoms with Crippen LogP contribution in [0.4, 0.5) is 37.7 Å². The number of hydrogen-bond donors (Lipinski definition) is 7. The number of carbonyl (C=O) groups is 8. The lowest BCUT2D eigenvalue weighted by atomic mass is 9.99. The Morgan fingerprint density at radius 1 is 0.491 bits per heavy atom. The molecule has 0 saturated carbocycles. The molecule has 4 amide bonds. The number of ether oxygens (including phenoxy) is 5. The van der Waals surface area contributed by atoms with E-state index in [4.69, 9.17) is 28.8 Å². The topological polar surface area (TPSA) is 344 Å². The highest BCUT2D eigenvalue weighted by Gasteiger charge is 2.34. The summed E-state index contributed by atoms with van der Waals surface area (Å²) in [5.41, 5.74) is 5.22. The van der Waals surface area contributed by atoms with E-state index in [-0.39, 0.29) is 142 Å². The van der Waals surface area contributed by atoms with Crippen LogP contribution < -0.4 is 21.3 Å². The number of ketones is 2. The molecule has 604 valence electrons. The van der Waals surface area contributed by atoms with Gasteiger partial charge in [0.1, 0.15) is 17.0 Å². The SMILES string of the molecule is Cc1cncn1-c1cc(C(=O)Nc2cccc(CCc3ccc4c(C(=O)C[C@@H](C)C(=O)NCCOCCOCCC(=O)O)n[nH]c4c3)c2)cc(C(F)(F)F)c1.Cc1cncn1-c1cc(C(=O)Nc2cccc(CCc3ccc4c(C(=O)C[C@@H](C)C(=O)NCCOCCOCCC(=O)OC(C)(C)C)n[nH]c4c3)c2)cc(C(F)(F)F)c1. The molecule has 26 nitrogen and oxygen atoms in total. The third-order valence-corrected chi connectivity index (χ3v) is 17.8. The summed E-state index contributed by atoms with van der Waals surface area (Å²) < 4.78 is 112. The van der Waals surface area contributed by atoms with Gasteiger partial charge in [-0.1, -0.05) is 62.4 Å². The molecule has 4 aromatic heterocycles. The summed E-state index contributed by atoms with van der Waals surface area (Å²) in [6.07, 6.45) is -1.12. The van der Waals surface area contributed by atoms with Crippen LogP contribution >= 0.6 is 0 Å². The van der Waals surface area contributed by atoms with E-state index in [1.807, 2.05) is 42.5 Å². The summed E-state index contributed by atoms with van der Waals surface area (Å²) in [6.45, 7) is 14.6. The summed E-state index contributed by atoms with van der Waals surface area (Å²) in [5, 5.41) is 35.1. The van der Waals surface area contributed by atoms with Gasteiger partial charge in [-0.3, -0.25) is 48.6 Å². The van der Waals surface area contributed by atoms with E-state index in [1.54, 1.807) is 90.9 Å². The van der Waals surface area contributed by atoms with Gasteiger partial charge in [-0.2, -0.15) is 36.5 Å². The first-order valence-corrected chi connectivity index (χ1v) is 36.8. The second-order valence-corrected chi connectivity index (χ2v) is 28.1. The Kier molecular flexibility index (Phi) is 30.4. The predicted molar refractivity (Wildman–Crippen MR) is 411 cm³/mol. The van der Waals surface area contributed by atoms with Crippen LogP contribution in [0.1, 0.15) is 147 Å². The third kappa shape index (κ3) is 25.9. The van der Waals surface area contributed by atoms with Crippen LogP contribution in [-0.4, -0.2) is 163 Å². The van der Waals surface area contributed by atoms with Crippen LogP contribution in [0.2, 0.25) is 0 Å². The quantitative estimate of drug-likeness (QED) is 0.00818. The fourth-order valence-electron chi connectivity index (χ4n) is 11.9. The molecule has 0 aliphatic carbocycles. The molecule has 0 bridgehead atoms. The predicted octanol–water partition coefficient (Wildman–Crippen LogP) is 13.1. The molecule has 10 rings (SSSR count). The average Bonchev–Trinajstić information content (AvgIpc) is 1.55. The van der Waals surface area contributed by atoms with Crippen LogP contribution in [-0.2, 0) is 80.9 Å². The minimum atomic E-state index is -4.66. The summed E-state index contributed by atoms with van der Waals surface area (Å²) in [4.78, 5) is 108. The maximum absolute atomic E-state index is 13.8. The number of fused-ring (bicyclic) bond motifs is 2. The Bertz CT molecular complexity index is 5020. The average molecular weight is 1580 g/mol. The number of nitrogens with one attached hydrogen (secondary N) is 6. The maximum Gasteiger partial charge on any atom is 0.416 e. The van der Waals surface area contributed by atoms with Gasteiger partial charge < -0.3 is 59.2 Å². The number of hydrogen-bond acceptors (Lipinski definition) is 17. The number of carbonyl (C=O) groups excluding carboxylic acids is 7. The summed E-state index contributed by atoms with van der Waals surface area (Å²) in [7, 11) is 0. The van der Waals surface area contributed by atoms with Crippen LogP contribution in [0.25, 0.3) is 33.2 Å². The largest absolute Gasteiger partial charge is 0.481 e. The van der Waals surface area contributed by atoms with Gasteiger partial charge in [-0.05, 0) is 155 Å². The van der Waals surface area contributed by atoms with Crippen LogP contribution in [0.15, 0.2) is 146 Å². The first-order valence-electron chi connectivity index (χ1n) is 36.8. The number of halogens is 6. The van der Waals surface area contributed by atoms with Crippen molar-refractivity contribution in [2.24, 2.45) is 11.8 Å². The molecule has 32 heteroatoms. The molecule has 0 unspecified atom stereocenters. The highest BCUT2D eigenvalue weighted by atomic mass is 19.4. The monoisotopic (exact) mass is 1580 g/mol. The van der Waals surface area contributed by atoms with Gasteiger partial charge in [0.05, 0.1) is 101 Å². The molecule has 2 atom stereocenters. The number of rotatable bonds is 38. The fourth-order valence-corrected chi connectivity index (χ4v) is 11.9. The molecule has 0 radical (unpaired) electrons. The van der Waals surface area contributed by atoms with Gasteiger partial charge in [0.15, 0.2) is 11.6 Å². The van der Waals surface area contributed by atoms with Gasteiger partial charge in [-0.15, -0.1) is 0 Å². The van der Waals surface area contributed by atoms with E-state index in [9.17, 15) is 64.7 Å². The Balaban J connectivity index is 0.000000262. The van der Waals surface area contributed by atoms with Crippen molar-refractivity contribution in [3.05, 3.63) is 214 Å². The first kappa shape index (κ1) is 86.2. The van der Waals surface area contributed by atoms with Crippen molar-refractivity contribution >= 4 is 80.3 Å². The standard InChI is InChI=1S/C43H49F3N6O7.C39H41F3N6O7/c1-27(40(55)48-14-16-58-18-17-57-15-13-38(54)59-42(3,4)5)19-37(53)39-35-12-11-30(21-36(35)50-51-39)10-9-29-7-6-8-33(20-29)49-41(56)31-22-32(43(44,45)46)24-34(23-31)52-26-47-25-28(52)2;1-24(37(52)44-11-13-55-15-14-54-12-10-35(50)51)16-34(49)36-32-9-8-27(18-33(32)46-47-36)7-6-26-4-3-5-30(17-26)45-38(53)28-19-29(39(40,41)42)21-31(20-28)48-23-43-22-25(48)2/h6-8,11-12,20-27H,9-10,13-19H2,1-5H3,(H,48,55)(H,49,56)(H,50,51);3-5,8-9,17-24H,6-7,10-16H2,1-2H3,(H,44,52)(H,45,53)(H,46,47)(H,50,51)/t27-;24-/m11/s1. The van der Waals surface area contributed by atoms with Gasteiger partial charge >= 0.3 is 24.3 Å². The number of carboxylic acid groups (broad SMARTS) is 1. The summed E-state index contributed by atoms with van der Waals surface area (Å²) >= 11 is 0. The lowest BCUT2D eigenvalue weighted by Crippen LogP contribution is -2.33. The number of imidazole rings is 2. The molecule has 7 N–H and O–H groups in total. The zero-order chi connectivity index (χ0) is 82.3. The third-order valence-electron chi connectivity index (χ3n) is 17.8. The Labute approximate surface area is 652 Å². The molecule has 0 fully saturated rings. The summed E-state index contributed by atoms with van der Waals surface area (Å²) in [5.74, 6) is -4.99. The molecule has 0 aliphatic rings. The van der Waals surface area contributed by atoms with Gasteiger partial charge in [-0.25, -0.2) is 9.97 Å². The van der Waals surface area contributed by atoms with Crippen LogP contribution in [0.3, 0.4) is 0 Å². The lowest BCUT2D eigenvalue weighted by molar-refractivity contribution is -0.156. The van der Waals surface area contributed by atoms with E-state index in [1.165, 1.54) is 46.3 Å². The number of alkyl halides is 6. The number of nitrogens with zero attached hydrogens (tertiary/aromatic N) is 6. The van der Waals surface area contributed by atoms with Crippen molar-refractivity contribution in [3.8, 4) is 11.4 Å². The number of esters is 1. The highest BCUT2D eigenvalue weighted by molar-refractivity contribution is 6.09. The van der Waals surface area contributed by atoms with E-state index in [0.717, 1.165) is 46.5 Å². The number of benzene rings is 6. The molecule has 0 aliphatic heterocycles. The molecule has 4 heterocycles. The normalized spacial score (nSPS) is 12.2. The number of aliphatic carboxylic acids is 1. The molecule has 10 aromatic rings. The number of aromatic amines is 2. The highest BCUT2D eigenvalue weighted by Crippen LogP contribution is 2.35. The smallest absolute Gasteiger partial charge is 0.416 e. The van der Waals surface area contributed by atoms with Gasteiger partial charge in [0.2, 0.25) is 11.8 Å². The fraction of sp³-hybridized carbons (Fsp3) is 0.366. The summed E-state index contributed by atoms with van der Waals surface area (Å²) in [6, 6.07) is 31.8. The Hall–Kier alpha value is -11.7. The van der Waals surface area contributed by atoms with Crippen molar-refractivity contribution < 1.29 is 93.5 Å². The van der Waals surface area contributed by atoms with Crippen molar-refractivity contribution in [2.75, 3.05) is 76.6 Å². The molecule has 114 heavy (non-hydrogen) atoms. The van der Waals surface area contributed by atoms with Gasteiger partial charge in [0.25, 0.3) is 11.8 Å². The van der Waals surface area contributed by atoms with E-state index < -0.39 is 58.7 Å². The second kappa shape index (κ2) is 40.1. The zero-order valence-corrected chi connectivity index (χ0v) is 63.9. The number of carboxylic acids is 1. The van der Waals surface area contributed by atoms with Crippen molar-refractivity contribution in [3.63, 3.8) is 0 Å². The van der Waals surface area contributed by atoms with Crippen LogP contribution in [0.5, 0.6) is 0 Å². The molecule has 0 spiro atoms. The Morgan fingerprint density at radius 2 is 0.886 bits per heavy atom. The molecular weight excluding hydrogens is 1490 g/mol. The van der Waals surface area contributed by atoms with E-state index >= 15 is 0 Å². The minimum absolute atomic E-state index is 0.0357. The number of Topliss-reactive ketones (excluding diaryl/α,β-unsaturated/α-hetero) is 2. The lowest BCUT2D eigenvalue weighted by Gasteiger charge is -2.19. The van der Waals surface area contributed by atoms with E-state index in [0.29, 0.717) is 83.5 Å². The molecule has 6 aromatic carbocycles. The number of aryl methyl sites for hydroxylation is 6. The number of H-pyrrole nitrogens is 2. The van der Waals surface area contributed by atoms with Crippen molar-refractivity contribution in [2.45, 2.75) is 118 Å². The minimum Gasteiger partial charge on any atom is -0.481 e. The first-order chi connectivity index (χ1) is 54.2.